The number of aromatic hydroxyl groups is 1. The van der Waals surface area contributed by atoms with Crippen LogP contribution in [-0.4, -0.2) is 40.3 Å². The highest BCUT2D eigenvalue weighted by atomic mass is 16.5. The molecule has 0 atom stereocenters. The normalized spacial score (nSPS) is 9.00. The van der Waals surface area contributed by atoms with E-state index in [9.17, 15) is 14.4 Å². The fraction of sp³-hybridized carbons (Fsp3) is 0.0500. The van der Waals surface area contributed by atoms with Crippen LogP contribution in [0.4, 0.5) is 0 Å². The zero-order valence-corrected chi connectivity index (χ0v) is 15.6. The third-order valence-electron chi connectivity index (χ3n) is 3.25. The number of nitrogens with zero attached hydrogens (tertiary/aromatic N) is 2. The molecule has 0 spiro atoms. The van der Waals surface area contributed by atoms with Crippen LogP contribution in [0.2, 0.25) is 0 Å². The van der Waals surface area contributed by atoms with Gasteiger partial charge in [0.15, 0.2) is 11.5 Å². The average Bonchev–Trinajstić information content (AvgIpc) is 2.76. The average molecular weight is 396 g/mol. The van der Waals surface area contributed by atoms with Crippen molar-refractivity contribution in [2.75, 3.05) is 7.11 Å². The summed E-state index contributed by atoms with van der Waals surface area (Å²) < 4.78 is 4.78. The summed E-state index contributed by atoms with van der Waals surface area (Å²) in [5.74, 6) is -0.506. The van der Waals surface area contributed by atoms with E-state index < -0.39 is 11.8 Å². The predicted octanol–water partition coefficient (Wildman–Crippen LogP) is 1.57. The van der Waals surface area contributed by atoms with Crippen molar-refractivity contribution in [1.82, 2.24) is 9.97 Å². The molecule has 2 heterocycles. The summed E-state index contributed by atoms with van der Waals surface area (Å²) in [4.78, 5) is 38.5. The highest BCUT2D eigenvalue weighted by molar-refractivity contribution is 5.92. The van der Waals surface area contributed by atoms with E-state index in [-0.39, 0.29) is 5.75 Å². The summed E-state index contributed by atoms with van der Waals surface area (Å²) in [6, 6.07) is 10.8. The molecule has 0 aliphatic carbocycles. The molecule has 0 radical (unpaired) electrons. The van der Waals surface area contributed by atoms with Crippen molar-refractivity contribution in [3.05, 3.63) is 83.9 Å². The number of benzene rings is 1. The molecular formula is C20H20N4O5. The molecule has 9 nitrogen and oxygen atoms in total. The van der Waals surface area contributed by atoms with Crippen molar-refractivity contribution in [2.24, 2.45) is 11.5 Å². The lowest BCUT2D eigenvalue weighted by Gasteiger charge is -2.01. The second kappa shape index (κ2) is 12.2. The Hall–Kier alpha value is -4.27. The molecule has 3 rings (SSSR count). The van der Waals surface area contributed by atoms with Gasteiger partial charge < -0.3 is 21.3 Å². The molecule has 0 unspecified atom stereocenters. The first-order valence-electron chi connectivity index (χ1n) is 8.10. The van der Waals surface area contributed by atoms with E-state index in [1.165, 1.54) is 43.9 Å². The molecule has 2 aromatic heterocycles. The molecule has 0 fully saturated rings. The smallest absolute Gasteiger partial charge is 0.250 e. The Kier molecular flexibility index (Phi) is 9.56. The van der Waals surface area contributed by atoms with Crippen LogP contribution in [-0.2, 0) is 0 Å². The van der Waals surface area contributed by atoms with E-state index in [2.05, 4.69) is 9.97 Å². The predicted molar refractivity (Wildman–Crippen MR) is 106 cm³/mol. The summed E-state index contributed by atoms with van der Waals surface area (Å²) >= 11 is 0. The van der Waals surface area contributed by atoms with E-state index in [1.54, 1.807) is 30.5 Å². The number of rotatable bonds is 4. The lowest BCUT2D eigenvalue weighted by Crippen LogP contribution is -2.10. The van der Waals surface area contributed by atoms with Gasteiger partial charge in [-0.25, -0.2) is 0 Å². The molecule has 29 heavy (non-hydrogen) atoms. The summed E-state index contributed by atoms with van der Waals surface area (Å²) in [6.45, 7) is 0. The molecule has 3 aromatic rings. The van der Waals surface area contributed by atoms with Crippen molar-refractivity contribution in [3.8, 4) is 11.5 Å². The number of methoxy groups -OCH3 is 1. The van der Waals surface area contributed by atoms with Crippen molar-refractivity contribution in [1.29, 1.82) is 0 Å². The minimum atomic E-state index is -0.442. The van der Waals surface area contributed by atoms with E-state index in [0.29, 0.717) is 28.7 Å². The maximum absolute atomic E-state index is 10.4. The number of primary amides is 2. The fourth-order valence-corrected chi connectivity index (χ4v) is 1.79. The molecule has 0 aliphatic heterocycles. The number of phenolic OH excluding ortho intramolecular Hbond substituents is 1. The van der Waals surface area contributed by atoms with Crippen LogP contribution >= 0.6 is 0 Å². The van der Waals surface area contributed by atoms with Crippen LogP contribution in [0.5, 0.6) is 11.5 Å². The second-order valence-corrected chi connectivity index (χ2v) is 5.26. The van der Waals surface area contributed by atoms with E-state index >= 15 is 0 Å². The van der Waals surface area contributed by atoms with E-state index in [1.807, 2.05) is 0 Å². The van der Waals surface area contributed by atoms with Crippen molar-refractivity contribution in [3.63, 3.8) is 0 Å². The van der Waals surface area contributed by atoms with Gasteiger partial charge in [0.25, 0.3) is 0 Å². The van der Waals surface area contributed by atoms with Crippen molar-refractivity contribution in [2.45, 2.75) is 0 Å². The lowest BCUT2D eigenvalue weighted by atomic mass is 10.2. The van der Waals surface area contributed by atoms with Gasteiger partial charge in [0.2, 0.25) is 11.8 Å². The standard InChI is InChI=1S/C8H8O3.2C6H6N2O/c1-11-8-4-6(5-9)2-3-7(8)10;7-6(9)5-1-3-8-4-2-5;7-6(9)5-2-1-3-8-4-5/h2-5,10H,1H3;2*1-4H,(H2,7,9). The molecule has 150 valence electrons. The molecule has 5 N–H and O–H groups in total. The summed E-state index contributed by atoms with van der Waals surface area (Å²) in [5, 5.41) is 9.09. The van der Waals surface area contributed by atoms with E-state index in [4.69, 9.17) is 21.3 Å². The number of hydrogen-bond donors (Lipinski definition) is 3. The molecule has 2 amide bonds. The largest absolute Gasteiger partial charge is 0.504 e. The van der Waals surface area contributed by atoms with Gasteiger partial charge in [-0.1, -0.05) is 0 Å². The quantitative estimate of drug-likeness (QED) is 0.564. The van der Waals surface area contributed by atoms with Gasteiger partial charge in [-0.05, 0) is 42.5 Å². The minimum Gasteiger partial charge on any atom is -0.504 e. The summed E-state index contributed by atoms with van der Waals surface area (Å²) in [5.41, 5.74) is 11.3. The van der Waals surface area contributed by atoms with Crippen LogP contribution in [0.1, 0.15) is 31.1 Å². The molecule has 1 aromatic carbocycles. The number of ether oxygens (including phenoxy) is 1. The number of nitrogens with two attached hydrogens (primary N) is 2. The Bertz CT molecular complexity index is 885. The summed E-state index contributed by atoms with van der Waals surface area (Å²) in [7, 11) is 1.43. The zero-order valence-electron chi connectivity index (χ0n) is 15.6. The number of hydrogen-bond acceptors (Lipinski definition) is 7. The molecule has 0 bridgehead atoms. The number of aldehydes is 1. The van der Waals surface area contributed by atoms with Gasteiger partial charge in [-0.15, -0.1) is 0 Å². The van der Waals surface area contributed by atoms with Crippen LogP contribution in [0.25, 0.3) is 0 Å². The van der Waals surface area contributed by atoms with Gasteiger partial charge in [0.1, 0.15) is 6.29 Å². The molecule has 0 saturated carbocycles. The Morgan fingerprint density at radius 1 is 0.966 bits per heavy atom. The number of aromatic nitrogens is 2. The van der Waals surface area contributed by atoms with Crippen molar-refractivity contribution < 1.29 is 24.2 Å². The molecule has 9 heteroatoms. The lowest BCUT2D eigenvalue weighted by molar-refractivity contribution is 0.0991. The van der Waals surface area contributed by atoms with Gasteiger partial charge >= 0.3 is 0 Å². The third kappa shape index (κ3) is 8.31. The summed E-state index contributed by atoms with van der Waals surface area (Å²) in [6.07, 6.45) is 6.77. The van der Waals surface area contributed by atoms with Crippen molar-refractivity contribution >= 4 is 18.1 Å². The number of amides is 2. The number of carbonyl (C=O) groups excluding carboxylic acids is 3. The third-order valence-corrected chi connectivity index (χ3v) is 3.25. The van der Waals surface area contributed by atoms with Gasteiger partial charge in [0, 0.05) is 35.9 Å². The van der Waals surface area contributed by atoms with Crippen LogP contribution in [0, 0.1) is 0 Å². The first-order valence-corrected chi connectivity index (χ1v) is 8.10. The van der Waals surface area contributed by atoms with Crippen LogP contribution in [0.15, 0.2) is 67.3 Å². The highest BCUT2D eigenvalue weighted by Crippen LogP contribution is 2.25. The van der Waals surface area contributed by atoms with Gasteiger partial charge in [-0.3, -0.25) is 24.4 Å². The monoisotopic (exact) mass is 396 g/mol. The van der Waals surface area contributed by atoms with Gasteiger partial charge in [0.05, 0.1) is 12.7 Å². The zero-order chi connectivity index (χ0) is 21.6. The Morgan fingerprint density at radius 3 is 2.03 bits per heavy atom. The molecule has 0 aliphatic rings. The van der Waals surface area contributed by atoms with Gasteiger partial charge in [-0.2, -0.15) is 0 Å². The number of carbonyl (C=O) groups is 3. The Morgan fingerprint density at radius 2 is 1.62 bits per heavy atom. The Balaban J connectivity index is 0.000000219. The van der Waals surface area contributed by atoms with Crippen LogP contribution < -0.4 is 16.2 Å². The SMILES string of the molecule is COc1cc(C=O)ccc1O.NC(=O)c1cccnc1.NC(=O)c1ccncc1. The first kappa shape index (κ1) is 22.8. The minimum absolute atomic E-state index is 0.0399. The highest BCUT2D eigenvalue weighted by Gasteiger charge is 2.00. The van der Waals surface area contributed by atoms with E-state index in [0.717, 1.165) is 0 Å². The topological polar surface area (TPSA) is 158 Å². The first-order chi connectivity index (χ1) is 13.9. The maximum atomic E-state index is 10.4. The molecular weight excluding hydrogens is 376 g/mol. The fourth-order valence-electron chi connectivity index (χ4n) is 1.79. The number of pyridine rings is 2. The second-order valence-electron chi connectivity index (χ2n) is 5.26. The maximum Gasteiger partial charge on any atom is 0.250 e. The van der Waals surface area contributed by atoms with Crippen LogP contribution in [0.3, 0.4) is 0 Å². The number of phenols is 1. The molecule has 0 saturated heterocycles. The Labute approximate surface area is 167 Å².